The lowest BCUT2D eigenvalue weighted by molar-refractivity contribution is -0.139. The molecule has 0 unspecified atom stereocenters. The van der Waals surface area contributed by atoms with Crippen LogP contribution in [-0.4, -0.2) is 37.6 Å². The average molecular weight is 203 g/mol. The van der Waals surface area contributed by atoms with Crippen LogP contribution in [0.2, 0.25) is 0 Å². The number of amides is 1. The highest BCUT2D eigenvalue weighted by Crippen LogP contribution is 2.02. The van der Waals surface area contributed by atoms with E-state index in [0.717, 1.165) is 11.8 Å². The van der Waals surface area contributed by atoms with Crippen LogP contribution in [-0.2, 0) is 14.1 Å². The topological polar surface area (TPSA) is 64.6 Å². The molecule has 1 rings (SSSR count). The lowest BCUT2D eigenvalue weighted by Crippen LogP contribution is -2.42. The molecule has 0 aromatic rings. The molecule has 0 spiro atoms. The minimum atomic E-state index is -0.627. The SMILES string of the molecule is CSC(=O)NCB1OCCC(=O)O1. The van der Waals surface area contributed by atoms with Gasteiger partial charge in [0.2, 0.25) is 0 Å². The Hall–Kier alpha value is -0.685. The highest BCUT2D eigenvalue weighted by atomic mass is 32.2. The van der Waals surface area contributed by atoms with Crippen LogP contribution < -0.4 is 5.32 Å². The number of hydrogen-bond donors (Lipinski definition) is 1. The van der Waals surface area contributed by atoms with Crippen molar-refractivity contribution in [1.29, 1.82) is 0 Å². The van der Waals surface area contributed by atoms with Crippen molar-refractivity contribution >= 4 is 30.1 Å². The molecule has 0 atom stereocenters. The molecule has 0 bridgehead atoms. The van der Waals surface area contributed by atoms with E-state index in [9.17, 15) is 9.59 Å². The fraction of sp³-hybridized carbons (Fsp3) is 0.667. The number of carbonyl (C=O) groups excluding carboxylic acids is 2. The van der Waals surface area contributed by atoms with Gasteiger partial charge in [-0.25, -0.2) is 0 Å². The molecule has 1 amide bonds. The smallest absolute Gasteiger partial charge is 0.508 e. The van der Waals surface area contributed by atoms with Crippen LogP contribution in [0, 0.1) is 0 Å². The predicted octanol–water partition coefficient (Wildman–Crippen LogP) is 0.0499. The lowest BCUT2D eigenvalue weighted by Gasteiger charge is -2.19. The van der Waals surface area contributed by atoms with Gasteiger partial charge in [-0.05, 0) is 6.26 Å². The van der Waals surface area contributed by atoms with Crippen molar-refractivity contribution < 1.29 is 18.9 Å². The summed E-state index contributed by atoms with van der Waals surface area (Å²) in [5.41, 5.74) is 0. The van der Waals surface area contributed by atoms with Gasteiger partial charge in [0.15, 0.2) is 0 Å². The summed E-state index contributed by atoms with van der Waals surface area (Å²) in [6, 6.07) is 0. The normalized spacial score (nSPS) is 16.7. The number of nitrogens with one attached hydrogen (secondary N) is 1. The van der Waals surface area contributed by atoms with Crippen LogP contribution in [0.1, 0.15) is 6.42 Å². The van der Waals surface area contributed by atoms with Crippen molar-refractivity contribution in [3.63, 3.8) is 0 Å². The summed E-state index contributed by atoms with van der Waals surface area (Å²) in [5, 5.41) is 2.38. The molecule has 72 valence electrons. The third-order valence-corrected chi connectivity index (χ3v) is 1.99. The number of hydrogen-bond acceptors (Lipinski definition) is 5. The second kappa shape index (κ2) is 5.13. The van der Waals surface area contributed by atoms with Gasteiger partial charge in [0, 0.05) is 6.61 Å². The molecule has 1 saturated heterocycles. The van der Waals surface area contributed by atoms with Gasteiger partial charge in [0.25, 0.3) is 11.2 Å². The van der Waals surface area contributed by atoms with E-state index in [0.29, 0.717) is 6.61 Å². The molecule has 1 fully saturated rings. The van der Waals surface area contributed by atoms with Crippen LogP contribution in [0.4, 0.5) is 4.79 Å². The summed E-state index contributed by atoms with van der Waals surface area (Å²) >= 11 is 1.07. The standard InChI is InChI=1S/C6H10BNO4S/c1-13-6(10)8-4-7-11-3-2-5(9)12-7/h2-4H2,1H3,(H,8,10). The van der Waals surface area contributed by atoms with E-state index in [1.54, 1.807) is 6.26 Å². The Morgan fingerprint density at radius 1 is 1.77 bits per heavy atom. The maximum absolute atomic E-state index is 10.8. The summed E-state index contributed by atoms with van der Waals surface area (Å²) in [4.78, 5) is 21.6. The Kier molecular flexibility index (Phi) is 4.10. The van der Waals surface area contributed by atoms with Crippen LogP contribution in [0.15, 0.2) is 0 Å². The van der Waals surface area contributed by atoms with Crippen LogP contribution in [0.3, 0.4) is 0 Å². The summed E-state index contributed by atoms with van der Waals surface area (Å²) in [6.07, 6.45) is 2.17. The molecule has 0 saturated carbocycles. The van der Waals surface area contributed by atoms with Crippen molar-refractivity contribution in [2.24, 2.45) is 0 Å². The Morgan fingerprint density at radius 2 is 2.54 bits per heavy atom. The van der Waals surface area contributed by atoms with Crippen molar-refractivity contribution in [2.45, 2.75) is 6.42 Å². The van der Waals surface area contributed by atoms with Gasteiger partial charge >= 0.3 is 7.12 Å². The van der Waals surface area contributed by atoms with Gasteiger partial charge in [-0.3, -0.25) is 9.59 Å². The zero-order valence-corrected chi connectivity index (χ0v) is 8.06. The molecule has 1 heterocycles. The van der Waals surface area contributed by atoms with E-state index in [1.165, 1.54) is 0 Å². The predicted molar refractivity (Wildman–Crippen MR) is 49.3 cm³/mol. The zero-order chi connectivity index (χ0) is 9.68. The first-order valence-electron chi connectivity index (χ1n) is 3.85. The van der Waals surface area contributed by atoms with Crippen LogP contribution >= 0.6 is 11.8 Å². The van der Waals surface area contributed by atoms with Gasteiger partial charge in [0.05, 0.1) is 12.9 Å². The number of rotatable bonds is 2. The Labute approximate surface area is 80.7 Å². The average Bonchev–Trinajstić information content (AvgIpc) is 2.14. The highest BCUT2D eigenvalue weighted by Gasteiger charge is 2.28. The summed E-state index contributed by atoms with van der Waals surface area (Å²) in [6.45, 7) is 0.360. The molecule has 13 heavy (non-hydrogen) atoms. The van der Waals surface area contributed by atoms with Gasteiger partial charge in [-0.1, -0.05) is 11.8 Å². The van der Waals surface area contributed by atoms with E-state index in [4.69, 9.17) is 9.31 Å². The molecule has 1 aliphatic heterocycles. The maximum Gasteiger partial charge on any atom is 0.547 e. The molecule has 7 heteroatoms. The molecule has 5 nitrogen and oxygen atoms in total. The van der Waals surface area contributed by atoms with Crippen LogP contribution in [0.5, 0.6) is 0 Å². The first-order chi connectivity index (χ1) is 6.22. The fourth-order valence-corrected chi connectivity index (χ4v) is 1.08. The Bertz CT molecular complexity index is 213. The Balaban J connectivity index is 2.20. The van der Waals surface area contributed by atoms with E-state index < -0.39 is 7.12 Å². The van der Waals surface area contributed by atoms with Gasteiger partial charge < -0.3 is 14.6 Å². The maximum atomic E-state index is 10.8. The van der Waals surface area contributed by atoms with E-state index in [1.807, 2.05) is 0 Å². The first-order valence-corrected chi connectivity index (χ1v) is 5.07. The number of thioether (sulfide) groups is 1. The largest absolute Gasteiger partial charge is 0.547 e. The molecule has 0 aromatic carbocycles. The third-order valence-electron chi connectivity index (χ3n) is 1.47. The third kappa shape index (κ3) is 3.69. The molecule has 0 aliphatic carbocycles. The molecule has 0 radical (unpaired) electrons. The van der Waals surface area contributed by atoms with Gasteiger partial charge in [0.1, 0.15) is 0 Å². The second-order valence-corrected chi connectivity index (χ2v) is 3.19. The van der Waals surface area contributed by atoms with Crippen molar-refractivity contribution in [3.05, 3.63) is 0 Å². The monoisotopic (exact) mass is 203 g/mol. The molecule has 1 aliphatic rings. The van der Waals surface area contributed by atoms with Gasteiger partial charge in [-0.2, -0.15) is 0 Å². The molecular weight excluding hydrogens is 193 g/mol. The molecular formula is C6H10BNO4S. The lowest BCUT2D eigenvalue weighted by atomic mass is 9.89. The number of carbonyl (C=O) groups is 2. The fourth-order valence-electron chi connectivity index (χ4n) is 0.853. The van der Waals surface area contributed by atoms with E-state index >= 15 is 0 Å². The zero-order valence-electron chi connectivity index (χ0n) is 7.24. The molecule has 0 aromatic heterocycles. The van der Waals surface area contributed by atoms with Crippen molar-refractivity contribution in [3.8, 4) is 0 Å². The first kappa shape index (κ1) is 10.4. The Morgan fingerprint density at radius 3 is 3.15 bits per heavy atom. The molecule has 1 N–H and O–H groups in total. The van der Waals surface area contributed by atoms with Crippen molar-refractivity contribution in [2.75, 3.05) is 19.3 Å². The van der Waals surface area contributed by atoms with Crippen LogP contribution in [0.25, 0.3) is 0 Å². The summed E-state index contributed by atoms with van der Waals surface area (Å²) < 4.78 is 9.87. The van der Waals surface area contributed by atoms with Crippen molar-refractivity contribution in [1.82, 2.24) is 5.32 Å². The second-order valence-electron chi connectivity index (χ2n) is 2.41. The minimum Gasteiger partial charge on any atom is -0.508 e. The summed E-state index contributed by atoms with van der Waals surface area (Å²) in [5.74, 6) is -0.283. The highest BCUT2D eigenvalue weighted by molar-refractivity contribution is 8.12. The quantitative estimate of drug-likeness (QED) is 0.642. The van der Waals surface area contributed by atoms with Gasteiger partial charge in [-0.15, -0.1) is 0 Å². The summed E-state index contributed by atoms with van der Waals surface area (Å²) in [7, 11) is -0.627. The minimum absolute atomic E-state index is 0.162. The van der Waals surface area contributed by atoms with E-state index in [-0.39, 0.29) is 24.1 Å². The van der Waals surface area contributed by atoms with E-state index in [2.05, 4.69) is 5.32 Å².